The molecule has 1 atom stereocenters. The molecule has 3 nitrogen and oxygen atoms in total. The van der Waals surface area contributed by atoms with Crippen LogP contribution >= 0.6 is 0 Å². The molecule has 2 aromatic rings. The van der Waals surface area contributed by atoms with Crippen LogP contribution in [0.15, 0.2) is 47.5 Å². The fourth-order valence-electron chi connectivity index (χ4n) is 2.18. The van der Waals surface area contributed by atoms with Crippen LogP contribution in [-0.2, 0) is 9.53 Å². The molecule has 0 aromatic heterocycles. The number of aliphatic imine (C=N–C) groups is 1. The molecule has 3 rings (SSSR count). The van der Waals surface area contributed by atoms with Crippen molar-refractivity contribution in [2.24, 2.45) is 4.99 Å². The maximum absolute atomic E-state index is 13.8. The predicted molar refractivity (Wildman–Crippen MR) is 73.7 cm³/mol. The fraction of sp³-hybridized carbons (Fsp3) is 0.125. The molecule has 1 aliphatic heterocycles. The third-order valence-corrected chi connectivity index (χ3v) is 3.18. The Morgan fingerprint density at radius 3 is 2.80 bits per heavy atom. The number of rotatable bonds is 2. The van der Waals surface area contributed by atoms with Crippen LogP contribution in [0, 0.1) is 12.7 Å². The molecule has 1 aliphatic rings. The SMILES string of the molecule is Cc1ccc2c(c1)C(C=O)OC(c1ccccc1F)=N2. The van der Waals surface area contributed by atoms with Crippen molar-refractivity contribution < 1.29 is 13.9 Å². The van der Waals surface area contributed by atoms with E-state index >= 15 is 0 Å². The Morgan fingerprint density at radius 2 is 2.05 bits per heavy atom. The Kier molecular flexibility index (Phi) is 3.06. The molecule has 2 aromatic carbocycles. The van der Waals surface area contributed by atoms with E-state index in [1.807, 2.05) is 25.1 Å². The minimum absolute atomic E-state index is 0.136. The van der Waals surface area contributed by atoms with Gasteiger partial charge in [-0.15, -0.1) is 0 Å². The lowest BCUT2D eigenvalue weighted by Crippen LogP contribution is -2.18. The molecule has 1 heterocycles. The Balaban J connectivity index is 2.14. The summed E-state index contributed by atoms with van der Waals surface area (Å²) in [6, 6.07) is 11.8. The molecule has 0 radical (unpaired) electrons. The summed E-state index contributed by atoms with van der Waals surface area (Å²) in [6.07, 6.45) is -0.0506. The summed E-state index contributed by atoms with van der Waals surface area (Å²) < 4.78 is 19.3. The van der Waals surface area contributed by atoms with Crippen molar-refractivity contribution in [1.29, 1.82) is 0 Å². The molecular formula is C16H12FNO2. The summed E-state index contributed by atoms with van der Waals surface area (Å²) in [5, 5.41) is 0. The van der Waals surface area contributed by atoms with Gasteiger partial charge in [0.1, 0.15) is 5.82 Å². The van der Waals surface area contributed by atoms with E-state index in [4.69, 9.17) is 4.74 Å². The van der Waals surface area contributed by atoms with Crippen molar-refractivity contribution in [2.75, 3.05) is 0 Å². The average Bonchev–Trinajstić information content (AvgIpc) is 2.46. The molecule has 0 saturated carbocycles. The molecule has 1 unspecified atom stereocenters. The van der Waals surface area contributed by atoms with E-state index in [0.717, 1.165) is 5.56 Å². The van der Waals surface area contributed by atoms with E-state index in [2.05, 4.69) is 4.99 Å². The highest BCUT2D eigenvalue weighted by molar-refractivity contribution is 5.98. The first-order valence-electron chi connectivity index (χ1n) is 6.25. The summed E-state index contributed by atoms with van der Waals surface area (Å²) in [7, 11) is 0. The minimum Gasteiger partial charge on any atom is -0.461 e. The van der Waals surface area contributed by atoms with Crippen molar-refractivity contribution in [1.82, 2.24) is 0 Å². The molecular weight excluding hydrogens is 257 g/mol. The van der Waals surface area contributed by atoms with Gasteiger partial charge >= 0.3 is 0 Å². The molecule has 4 heteroatoms. The Labute approximate surface area is 115 Å². The van der Waals surface area contributed by atoms with Crippen LogP contribution in [-0.4, -0.2) is 12.2 Å². The number of ether oxygens (including phenoxy) is 1. The lowest BCUT2D eigenvalue weighted by Gasteiger charge is -2.22. The molecule has 0 bridgehead atoms. The first kappa shape index (κ1) is 12.5. The molecule has 0 amide bonds. The second kappa shape index (κ2) is 4.89. The standard InChI is InChI=1S/C16H12FNO2/c1-10-6-7-14-12(8-10)15(9-19)20-16(18-14)11-4-2-3-5-13(11)17/h2-9,15H,1H3. The van der Waals surface area contributed by atoms with Gasteiger partial charge in [0, 0.05) is 5.56 Å². The number of aldehydes is 1. The second-order valence-electron chi connectivity index (χ2n) is 4.63. The van der Waals surface area contributed by atoms with E-state index in [-0.39, 0.29) is 11.5 Å². The van der Waals surface area contributed by atoms with Gasteiger partial charge in [-0.2, -0.15) is 0 Å². The lowest BCUT2D eigenvalue weighted by atomic mass is 10.0. The molecule has 0 fully saturated rings. The smallest absolute Gasteiger partial charge is 0.225 e. The van der Waals surface area contributed by atoms with Crippen molar-refractivity contribution >= 4 is 17.9 Å². The third kappa shape index (κ3) is 2.09. The van der Waals surface area contributed by atoms with Crippen LogP contribution in [0.25, 0.3) is 0 Å². The number of hydrogen-bond donors (Lipinski definition) is 0. The normalized spacial score (nSPS) is 16.9. The van der Waals surface area contributed by atoms with Gasteiger partial charge in [0.25, 0.3) is 0 Å². The number of benzene rings is 2. The van der Waals surface area contributed by atoms with Crippen molar-refractivity contribution in [3.8, 4) is 0 Å². The molecule has 0 N–H and O–H groups in total. The number of aryl methyl sites for hydroxylation is 1. The topological polar surface area (TPSA) is 38.7 Å². The van der Waals surface area contributed by atoms with Gasteiger partial charge in [0.2, 0.25) is 5.90 Å². The van der Waals surface area contributed by atoms with E-state index in [0.29, 0.717) is 17.5 Å². The van der Waals surface area contributed by atoms with Gasteiger partial charge in [0.05, 0.1) is 11.3 Å². The average molecular weight is 269 g/mol. The Bertz CT molecular complexity index is 709. The van der Waals surface area contributed by atoms with Crippen LogP contribution in [0.1, 0.15) is 22.8 Å². The van der Waals surface area contributed by atoms with Gasteiger partial charge in [-0.3, -0.25) is 4.79 Å². The molecule has 20 heavy (non-hydrogen) atoms. The van der Waals surface area contributed by atoms with Crippen molar-refractivity contribution in [3.63, 3.8) is 0 Å². The van der Waals surface area contributed by atoms with E-state index in [9.17, 15) is 9.18 Å². The molecule has 0 saturated heterocycles. The number of hydrogen-bond acceptors (Lipinski definition) is 3. The van der Waals surface area contributed by atoms with Gasteiger partial charge < -0.3 is 4.74 Å². The summed E-state index contributed by atoms with van der Waals surface area (Å²) in [5.74, 6) is -0.289. The van der Waals surface area contributed by atoms with Crippen LogP contribution in [0.5, 0.6) is 0 Å². The number of carbonyl (C=O) groups is 1. The zero-order valence-electron chi connectivity index (χ0n) is 10.8. The third-order valence-electron chi connectivity index (χ3n) is 3.18. The highest BCUT2D eigenvalue weighted by Crippen LogP contribution is 2.34. The monoisotopic (exact) mass is 269 g/mol. The first-order valence-corrected chi connectivity index (χ1v) is 6.25. The predicted octanol–water partition coefficient (Wildman–Crippen LogP) is 3.48. The highest BCUT2D eigenvalue weighted by atomic mass is 19.1. The van der Waals surface area contributed by atoms with Crippen molar-refractivity contribution in [2.45, 2.75) is 13.0 Å². The second-order valence-corrected chi connectivity index (χ2v) is 4.63. The summed E-state index contributed by atoms with van der Waals surface area (Å²) in [5.41, 5.74) is 2.62. The quantitative estimate of drug-likeness (QED) is 0.783. The number of fused-ring (bicyclic) bond motifs is 1. The number of nitrogens with zero attached hydrogens (tertiary/aromatic N) is 1. The highest BCUT2D eigenvalue weighted by Gasteiger charge is 2.25. The van der Waals surface area contributed by atoms with Gasteiger partial charge in [0.15, 0.2) is 12.4 Å². The number of carbonyl (C=O) groups excluding carboxylic acids is 1. The Hall–Kier alpha value is -2.49. The lowest BCUT2D eigenvalue weighted by molar-refractivity contribution is -0.114. The van der Waals surface area contributed by atoms with Gasteiger partial charge in [-0.05, 0) is 31.2 Å². The van der Waals surface area contributed by atoms with Gasteiger partial charge in [-0.1, -0.05) is 23.8 Å². The van der Waals surface area contributed by atoms with E-state index < -0.39 is 11.9 Å². The fourth-order valence-corrected chi connectivity index (χ4v) is 2.18. The van der Waals surface area contributed by atoms with Gasteiger partial charge in [-0.25, -0.2) is 9.38 Å². The molecule has 0 aliphatic carbocycles. The molecule has 100 valence electrons. The molecule has 0 spiro atoms. The summed E-state index contributed by atoms with van der Waals surface area (Å²) in [6.45, 7) is 1.93. The maximum Gasteiger partial charge on any atom is 0.225 e. The van der Waals surface area contributed by atoms with Crippen LogP contribution < -0.4 is 0 Å². The zero-order valence-corrected chi connectivity index (χ0v) is 10.8. The summed E-state index contributed by atoms with van der Waals surface area (Å²) in [4.78, 5) is 15.5. The zero-order chi connectivity index (χ0) is 14.1. The first-order chi connectivity index (χ1) is 9.69. The maximum atomic E-state index is 13.8. The van der Waals surface area contributed by atoms with Crippen LogP contribution in [0.2, 0.25) is 0 Å². The largest absolute Gasteiger partial charge is 0.461 e. The summed E-state index contributed by atoms with van der Waals surface area (Å²) >= 11 is 0. The van der Waals surface area contributed by atoms with E-state index in [1.54, 1.807) is 18.2 Å². The van der Waals surface area contributed by atoms with Crippen LogP contribution in [0.4, 0.5) is 10.1 Å². The number of halogens is 1. The Morgan fingerprint density at radius 1 is 1.25 bits per heavy atom. The van der Waals surface area contributed by atoms with Crippen molar-refractivity contribution in [3.05, 3.63) is 65.0 Å². The van der Waals surface area contributed by atoms with E-state index in [1.165, 1.54) is 6.07 Å². The minimum atomic E-state index is -0.753. The van der Waals surface area contributed by atoms with Crippen LogP contribution in [0.3, 0.4) is 0 Å².